The topological polar surface area (TPSA) is 69.6 Å². The quantitative estimate of drug-likeness (QED) is 0.770. The van der Waals surface area contributed by atoms with Gasteiger partial charge in [0.05, 0.1) is 5.56 Å². The highest BCUT2D eigenvalue weighted by molar-refractivity contribution is 5.89. The number of nitrogens with zero attached hydrogens (tertiary/aromatic N) is 1. The zero-order valence-corrected chi connectivity index (χ0v) is 11.3. The number of benzene rings is 1. The molecular weight excluding hydrogens is 244 g/mol. The number of carboxylic acids is 1. The highest BCUT2D eigenvalue weighted by Gasteiger charge is 2.09. The van der Waals surface area contributed by atoms with E-state index in [2.05, 4.69) is 10.2 Å². The van der Waals surface area contributed by atoms with E-state index in [0.29, 0.717) is 18.5 Å². The molecule has 1 amide bonds. The largest absolute Gasteiger partial charge is 0.478 e. The molecule has 0 saturated carbocycles. The van der Waals surface area contributed by atoms with Crippen molar-refractivity contribution >= 4 is 11.9 Å². The average molecular weight is 264 g/mol. The van der Waals surface area contributed by atoms with E-state index in [1.54, 1.807) is 12.1 Å². The second kappa shape index (κ2) is 7.53. The first-order chi connectivity index (χ1) is 9.00. The molecule has 2 N–H and O–H groups in total. The van der Waals surface area contributed by atoms with Gasteiger partial charge in [0.2, 0.25) is 5.91 Å². The summed E-state index contributed by atoms with van der Waals surface area (Å²) in [6.45, 7) is 3.59. The maximum Gasteiger partial charge on any atom is 0.335 e. The molecule has 1 rings (SSSR count). The lowest BCUT2D eigenvalue weighted by atomic mass is 10.0. The SMILES string of the molecule is CC(=O)NCCN(C)CCc1ccccc1C(=O)O. The van der Waals surface area contributed by atoms with Gasteiger partial charge in [0.1, 0.15) is 0 Å². The summed E-state index contributed by atoms with van der Waals surface area (Å²) in [6, 6.07) is 7.03. The van der Waals surface area contributed by atoms with Crippen LogP contribution in [0.25, 0.3) is 0 Å². The van der Waals surface area contributed by atoms with Crippen LogP contribution in [0.5, 0.6) is 0 Å². The molecule has 0 aliphatic rings. The first kappa shape index (κ1) is 15.2. The molecule has 0 atom stereocenters. The lowest BCUT2D eigenvalue weighted by molar-refractivity contribution is -0.119. The molecule has 0 unspecified atom stereocenters. The maximum atomic E-state index is 11.1. The lowest BCUT2D eigenvalue weighted by Crippen LogP contribution is -2.32. The van der Waals surface area contributed by atoms with Crippen molar-refractivity contribution in [1.29, 1.82) is 0 Å². The van der Waals surface area contributed by atoms with Crippen LogP contribution >= 0.6 is 0 Å². The number of hydrogen-bond acceptors (Lipinski definition) is 3. The number of carboxylic acid groups (broad SMARTS) is 1. The predicted octanol–water partition coefficient (Wildman–Crippen LogP) is 0.995. The molecular formula is C14H20N2O3. The standard InChI is InChI=1S/C14H20N2O3/c1-11(17)15-8-10-16(2)9-7-12-5-3-4-6-13(12)14(18)19/h3-6H,7-10H2,1-2H3,(H,15,17)(H,18,19). The number of amides is 1. The van der Waals surface area contributed by atoms with E-state index < -0.39 is 5.97 Å². The number of hydrogen-bond donors (Lipinski definition) is 2. The van der Waals surface area contributed by atoms with Crippen molar-refractivity contribution in [3.8, 4) is 0 Å². The van der Waals surface area contributed by atoms with Gasteiger partial charge < -0.3 is 15.3 Å². The molecule has 0 radical (unpaired) electrons. The van der Waals surface area contributed by atoms with E-state index in [1.807, 2.05) is 19.2 Å². The Hall–Kier alpha value is -1.88. The number of likely N-dealkylation sites (N-methyl/N-ethyl adjacent to an activating group) is 1. The Bertz CT molecular complexity index is 446. The summed E-state index contributed by atoms with van der Waals surface area (Å²) >= 11 is 0. The van der Waals surface area contributed by atoms with Crippen LogP contribution in [0, 0.1) is 0 Å². The second-order valence-electron chi connectivity index (χ2n) is 4.50. The first-order valence-corrected chi connectivity index (χ1v) is 6.25. The van der Waals surface area contributed by atoms with Gasteiger partial charge >= 0.3 is 5.97 Å². The van der Waals surface area contributed by atoms with Crippen molar-refractivity contribution in [1.82, 2.24) is 10.2 Å². The molecule has 0 saturated heterocycles. The van der Waals surface area contributed by atoms with Crippen LogP contribution in [0.3, 0.4) is 0 Å². The Balaban J connectivity index is 2.44. The first-order valence-electron chi connectivity index (χ1n) is 6.25. The number of rotatable bonds is 7. The minimum Gasteiger partial charge on any atom is -0.478 e. The molecule has 0 bridgehead atoms. The van der Waals surface area contributed by atoms with Crippen LogP contribution in [0.4, 0.5) is 0 Å². The minimum absolute atomic E-state index is 0.0374. The fourth-order valence-electron chi connectivity index (χ4n) is 1.79. The summed E-state index contributed by atoms with van der Waals surface area (Å²) in [5, 5.41) is 11.8. The van der Waals surface area contributed by atoms with E-state index in [0.717, 1.165) is 18.7 Å². The van der Waals surface area contributed by atoms with Gasteiger partial charge in [-0.1, -0.05) is 18.2 Å². The predicted molar refractivity (Wildman–Crippen MR) is 73.3 cm³/mol. The van der Waals surface area contributed by atoms with E-state index in [-0.39, 0.29) is 5.91 Å². The number of carbonyl (C=O) groups is 2. The van der Waals surface area contributed by atoms with Gasteiger partial charge in [-0.15, -0.1) is 0 Å². The molecule has 5 heteroatoms. The third-order valence-corrected chi connectivity index (χ3v) is 2.88. The van der Waals surface area contributed by atoms with Crippen LogP contribution < -0.4 is 5.32 Å². The molecule has 5 nitrogen and oxygen atoms in total. The molecule has 0 aromatic heterocycles. The second-order valence-corrected chi connectivity index (χ2v) is 4.50. The number of carbonyl (C=O) groups excluding carboxylic acids is 1. The lowest BCUT2D eigenvalue weighted by Gasteiger charge is -2.17. The Labute approximate surface area is 113 Å². The van der Waals surface area contributed by atoms with E-state index in [1.165, 1.54) is 6.92 Å². The van der Waals surface area contributed by atoms with Gasteiger partial charge in [0.25, 0.3) is 0 Å². The van der Waals surface area contributed by atoms with Gasteiger partial charge in [-0.3, -0.25) is 4.79 Å². The monoisotopic (exact) mass is 264 g/mol. The van der Waals surface area contributed by atoms with E-state index in [4.69, 9.17) is 5.11 Å². The van der Waals surface area contributed by atoms with E-state index in [9.17, 15) is 9.59 Å². The molecule has 1 aromatic carbocycles. The molecule has 1 aromatic rings. The summed E-state index contributed by atoms with van der Waals surface area (Å²) in [4.78, 5) is 23.8. The normalized spacial score (nSPS) is 10.5. The van der Waals surface area contributed by atoms with Gasteiger partial charge in [-0.05, 0) is 25.1 Å². The minimum atomic E-state index is -0.892. The summed E-state index contributed by atoms with van der Waals surface area (Å²) in [5.74, 6) is -0.930. The van der Waals surface area contributed by atoms with Crippen molar-refractivity contribution in [3.63, 3.8) is 0 Å². The van der Waals surface area contributed by atoms with Crippen LogP contribution in [0.2, 0.25) is 0 Å². The van der Waals surface area contributed by atoms with Gasteiger partial charge in [0.15, 0.2) is 0 Å². The Morgan fingerprint density at radius 2 is 1.95 bits per heavy atom. The highest BCUT2D eigenvalue weighted by Crippen LogP contribution is 2.09. The van der Waals surface area contributed by atoms with Crippen LogP contribution in [-0.2, 0) is 11.2 Å². The highest BCUT2D eigenvalue weighted by atomic mass is 16.4. The van der Waals surface area contributed by atoms with Crippen molar-refractivity contribution in [2.75, 3.05) is 26.7 Å². The fourth-order valence-corrected chi connectivity index (χ4v) is 1.79. The zero-order chi connectivity index (χ0) is 14.3. The van der Waals surface area contributed by atoms with Crippen molar-refractivity contribution < 1.29 is 14.7 Å². The van der Waals surface area contributed by atoms with Gasteiger partial charge in [-0.2, -0.15) is 0 Å². The van der Waals surface area contributed by atoms with Gasteiger partial charge in [-0.25, -0.2) is 4.79 Å². The summed E-state index contributed by atoms with van der Waals surface area (Å²) in [5.41, 5.74) is 1.19. The van der Waals surface area contributed by atoms with Crippen molar-refractivity contribution in [3.05, 3.63) is 35.4 Å². The zero-order valence-electron chi connectivity index (χ0n) is 11.3. The van der Waals surface area contributed by atoms with E-state index >= 15 is 0 Å². The molecule has 0 aliphatic heterocycles. The summed E-state index contributed by atoms with van der Waals surface area (Å²) in [7, 11) is 1.95. The average Bonchev–Trinajstić information content (AvgIpc) is 2.36. The smallest absolute Gasteiger partial charge is 0.335 e. The number of aromatic carboxylic acids is 1. The van der Waals surface area contributed by atoms with Gasteiger partial charge in [0, 0.05) is 26.6 Å². The van der Waals surface area contributed by atoms with Crippen molar-refractivity contribution in [2.45, 2.75) is 13.3 Å². The Morgan fingerprint density at radius 3 is 2.58 bits per heavy atom. The molecule has 0 fully saturated rings. The molecule has 104 valence electrons. The summed E-state index contributed by atoms with van der Waals surface area (Å²) < 4.78 is 0. The Morgan fingerprint density at radius 1 is 1.26 bits per heavy atom. The third-order valence-electron chi connectivity index (χ3n) is 2.88. The summed E-state index contributed by atoms with van der Waals surface area (Å²) in [6.07, 6.45) is 0.680. The Kier molecular flexibility index (Phi) is 6.02. The molecule has 0 spiro atoms. The van der Waals surface area contributed by atoms with Crippen molar-refractivity contribution in [2.24, 2.45) is 0 Å². The maximum absolute atomic E-state index is 11.1. The number of nitrogens with one attached hydrogen (secondary N) is 1. The molecule has 19 heavy (non-hydrogen) atoms. The molecule has 0 aliphatic carbocycles. The third kappa shape index (κ3) is 5.52. The fraction of sp³-hybridized carbons (Fsp3) is 0.429. The van der Waals surface area contributed by atoms with Crippen LogP contribution in [0.1, 0.15) is 22.8 Å². The van der Waals surface area contributed by atoms with Crippen LogP contribution in [-0.4, -0.2) is 48.6 Å². The van der Waals surface area contributed by atoms with Crippen LogP contribution in [0.15, 0.2) is 24.3 Å². The molecule has 0 heterocycles.